The zero-order chi connectivity index (χ0) is 18.9. The molecule has 0 saturated heterocycles. The summed E-state index contributed by atoms with van der Waals surface area (Å²) in [5.41, 5.74) is 1.23. The molecule has 9 heteroatoms. The summed E-state index contributed by atoms with van der Waals surface area (Å²) < 4.78 is 1.58. The average molecular weight is 385 g/mol. The molecule has 0 aliphatic rings. The van der Waals surface area contributed by atoms with Crippen LogP contribution >= 0.6 is 11.8 Å². The number of aromatic nitrogens is 6. The van der Waals surface area contributed by atoms with E-state index in [1.807, 2.05) is 25.1 Å². The summed E-state index contributed by atoms with van der Waals surface area (Å²) in [6, 6.07) is 10.2. The Bertz CT molecular complexity index is 836. The number of benzene rings is 1. The topological polar surface area (TPSA) is 93.4 Å². The largest absolute Gasteiger partial charge is 0.354 e. The monoisotopic (exact) mass is 384 g/mol. The van der Waals surface area contributed by atoms with Crippen LogP contribution in [0, 0.1) is 0 Å². The molecule has 0 unspecified atom stereocenters. The zero-order valence-electron chi connectivity index (χ0n) is 15.6. The van der Waals surface area contributed by atoms with Crippen molar-refractivity contribution in [3.8, 4) is 5.95 Å². The van der Waals surface area contributed by atoms with E-state index < -0.39 is 0 Å². The second-order valence-electron chi connectivity index (χ2n) is 5.84. The molecule has 2 N–H and O–H groups in total. The van der Waals surface area contributed by atoms with Crippen LogP contribution in [-0.2, 0) is 5.75 Å². The molecular weight excluding hydrogens is 360 g/mol. The molecule has 0 aliphatic heterocycles. The molecule has 0 saturated carbocycles. The molecule has 0 atom stereocenters. The molecule has 3 rings (SSSR count). The van der Waals surface area contributed by atoms with Gasteiger partial charge in [-0.25, -0.2) is 4.98 Å². The first-order chi connectivity index (χ1) is 13.3. The average Bonchev–Trinajstić information content (AvgIpc) is 3.17. The molecule has 0 bridgehead atoms. The summed E-state index contributed by atoms with van der Waals surface area (Å²) in [6.07, 6.45) is 3.80. The Morgan fingerprint density at radius 3 is 2.52 bits per heavy atom. The molecule has 8 nitrogen and oxygen atoms in total. The standard InChI is InChI=1S/C18H24N8S/c1-3-5-11-20-16-22-15(19-4-2)23-17(24-16)26-13-21-18(25-26)27-12-14-9-7-6-8-10-14/h6-10,13H,3-5,11-12H2,1-2H3,(H2,19,20,22,23,24). The molecule has 0 fully saturated rings. The highest BCUT2D eigenvalue weighted by molar-refractivity contribution is 7.98. The highest BCUT2D eigenvalue weighted by Crippen LogP contribution is 2.19. The Morgan fingerprint density at radius 2 is 1.78 bits per heavy atom. The van der Waals surface area contributed by atoms with Crippen LogP contribution in [0.2, 0.25) is 0 Å². The molecule has 0 spiro atoms. The van der Waals surface area contributed by atoms with Gasteiger partial charge in [0.05, 0.1) is 0 Å². The lowest BCUT2D eigenvalue weighted by Gasteiger charge is -2.08. The fourth-order valence-electron chi connectivity index (χ4n) is 2.29. The first kappa shape index (κ1) is 19.1. The Kier molecular flexibility index (Phi) is 6.97. The number of thioether (sulfide) groups is 1. The zero-order valence-corrected chi connectivity index (χ0v) is 16.4. The van der Waals surface area contributed by atoms with Gasteiger partial charge < -0.3 is 10.6 Å². The summed E-state index contributed by atoms with van der Waals surface area (Å²) in [5, 5.41) is 11.6. The van der Waals surface area contributed by atoms with Crippen molar-refractivity contribution in [2.24, 2.45) is 0 Å². The molecule has 3 aromatic rings. The molecule has 0 aliphatic carbocycles. The minimum Gasteiger partial charge on any atom is -0.354 e. The molecule has 2 heterocycles. The number of nitrogens with zero attached hydrogens (tertiary/aromatic N) is 6. The van der Waals surface area contributed by atoms with E-state index in [0.717, 1.165) is 31.7 Å². The summed E-state index contributed by atoms with van der Waals surface area (Å²) >= 11 is 1.58. The first-order valence-electron chi connectivity index (χ1n) is 9.11. The number of rotatable bonds is 10. The van der Waals surface area contributed by atoms with Gasteiger partial charge in [-0.2, -0.15) is 19.6 Å². The van der Waals surface area contributed by atoms with Crippen molar-refractivity contribution in [2.45, 2.75) is 37.6 Å². The number of anilines is 2. The third-order valence-electron chi connectivity index (χ3n) is 3.66. The maximum atomic E-state index is 4.49. The lowest BCUT2D eigenvalue weighted by atomic mass is 10.2. The molecule has 2 aromatic heterocycles. The molecule has 0 amide bonds. The van der Waals surface area contributed by atoms with Crippen LogP contribution in [0.4, 0.5) is 11.9 Å². The van der Waals surface area contributed by atoms with Crippen LogP contribution in [-0.4, -0.2) is 42.8 Å². The van der Waals surface area contributed by atoms with Gasteiger partial charge in [0, 0.05) is 18.8 Å². The van der Waals surface area contributed by atoms with Crippen LogP contribution in [0.1, 0.15) is 32.3 Å². The Hall–Kier alpha value is -2.68. The maximum Gasteiger partial charge on any atom is 0.258 e. The number of hydrogen-bond acceptors (Lipinski definition) is 8. The van der Waals surface area contributed by atoms with Crippen LogP contribution in [0.15, 0.2) is 41.8 Å². The van der Waals surface area contributed by atoms with E-state index in [-0.39, 0.29) is 0 Å². The van der Waals surface area contributed by atoms with E-state index in [4.69, 9.17) is 0 Å². The number of nitrogens with one attached hydrogen (secondary N) is 2. The van der Waals surface area contributed by atoms with E-state index >= 15 is 0 Å². The van der Waals surface area contributed by atoms with Crippen LogP contribution in [0.5, 0.6) is 0 Å². The van der Waals surface area contributed by atoms with Gasteiger partial charge in [-0.15, -0.1) is 5.10 Å². The van der Waals surface area contributed by atoms with Gasteiger partial charge in [0.1, 0.15) is 6.33 Å². The van der Waals surface area contributed by atoms with Crippen LogP contribution in [0.25, 0.3) is 5.95 Å². The summed E-state index contributed by atoms with van der Waals surface area (Å²) in [6.45, 7) is 5.70. The van der Waals surface area contributed by atoms with Gasteiger partial charge in [0.25, 0.3) is 5.95 Å². The smallest absolute Gasteiger partial charge is 0.258 e. The van der Waals surface area contributed by atoms with E-state index in [1.165, 1.54) is 5.56 Å². The summed E-state index contributed by atoms with van der Waals surface area (Å²) in [5.74, 6) is 2.32. The van der Waals surface area contributed by atoms with Gasteiger partial charge in [-0.1, -0.05) is 55.4 Å². The lowest BCUT2D eigenvalue weighted by Crippen LogP contribution is -2.13. The predicted octanol–water partition coefficient (Wildman–Crippen LogP) is 3.39. The second kappa shape index (κ2) is 9.86. The molecule has 142 valence electrons. The van der Waals surface area contributed by atoms with Gasteiger partial charge in [-0.05, 0) is 18.9 Å². The van der Waals surface area contributed by atoms with Gasteiger partial charge >= 0.3 is 0 Å². The lowest BCUT2D eigenvalue weighted by molar-refractivity contribution is 0.765. The van der Waals surface area contributed by atoms with Gasteiger partial charge in [0.15, 0.2) is 0 Å². The normalized spacial score (nSPS) is 10.7. The van der Waals surface area contributed by atoms with Crippen LogP contribution in [0.3, 0.4) is 0 Å². The van der Waals surface area contributed by atoms with Crippen LogP contribution < -0.4 is 10.6 Å². The summed E-state index contributed by atoms with van der Waals surface area (Å²) in [7, 11) is 0. The van der Waals surface area contributed by atoms with E-state index in [9.17, 15) is 0 Å². The van der Waals surface area contributed by atoms with Crippen molar-refractivity contribution in [3.63, 3.8) is 0 Å². The van der Waals surface area contributed by atoms with E-state index in [1.54, 1.807) is 22.8 Å². The molecule has 0 radical (unpaired) electrons. The third kappa shape index (κ3) is 5.65. The van der Waals surface area contributed by atoms with Crippen molar-refractivity contribution < 1.29 is 0 Å². The van der Waals surface area contributed by atoms with Gasteiger partial charge in [0.2, 0.25) is 17.1 Å². The Morgan fingerprint density at radius 1 is 1.00 bits per heavy atom. The third-order valence-corrected chi connectivity index (χ3v) is 4.58. The Balaban J connectivity index is 1.73. The van der Waals surface area contributed by atoms with Crippen molar-refractivity contribution in [1.29, 1.82) is 0 Å². The van der Waals surface area contributed by atoms with E-state index in [2.05, 4.69) is 54.7 Å². The molecule has 1 aromatic carbocycles. The predicted molar refractivity (Wildman–Crippen MR) is 108 cm³/mol. The number of hydrogen-bond donors (Lipinski definition) is 2. The SMILES string of the molecule is CCCCNc1nc(NCC)nc(-n2cnc(SCc3ccccc3)n2)n1. The van der Waals surface area contributed by atoms with Crippen molar-refractivity contribution in [2.75, 3.05) is 23.7 Å². The molecule has 27 heavy (non-hydrogen) atoms. The van der Waals surface area contributed by atoms with Crippen molar-refractivity contribution in [3.05, 3.63) is 42.2 Å². The van der Waals surface area contributed by atoms with Crippen molar-refractivity contribution >= 4 is 23.7 Å². The second-order valence-corrected chi connectivity index (χ2v) is 6.78. The summed E-state index contributed by atoms with van der Waals surface area (Å²) in [4.78, 5) is 17.7. The first-order valence-corrected chi connectivity index (χ1v) is 10.1. The Labute approximate surface area is 163 Å². The highest BCUT2D eigenvalue weighted by Gasteiger charge is 2.11. The highest BCUT2D eigenvalue weighted by atomic mass is 32.2. The fraction of sp³-hybridized carbons (Fsp3) is 0.389. The molecular formula is C18H24N8S. The van der Waals surface area contributed by atoms with Crippen molar-refractivity contribution in [1.82, 2.24) is 29.7 Å². The fourth-order valence-corrected chi connectivity index (χ4v) is 3.05. The van der Waals surface area contributed by atoms with Gasteiger partial charge in [-0.3, -0.25) is 0 Å². The number of unbranched alkanes of at least 4 members (excludes halogenated alkanes) is 1. The quantitative estimate of drug-likeness (QED) is 0.406. The van der Waals surface area contributed by atoms with E-state index in [0.29, 0.717) is 23.0 Å². The maximum absolute atomic E-state index is 4.49. The minimum atomic E-state index is 0.444. The minimum absolute atomic E-state index is 0.444.